The van der Waals surface area contributed by atoms with Crippen molar-refractivity contribution in [1.82, 2.24) is 10.3 Å². The molecule has 1 amide bonds. The third kappa shape index (κ3) is 3.93. The molecule has 1 N–H and O–H groups in total. The van der Waals surface area contributed by atoms with E-state index in [9.17, 15) is 4.79 Å². The number of rotatable bonds is 5. The SMILES string of the molecule is CSc1ccc(Cl)c(C(=O)N[C@H](c2ccccn2)C2CCCC2)c1. The first kappa shape index (κ1) is 17.3. The summed E-state index contributed by atoms with van der Waals surface area (Å²) in [6, 6.07) is 11.4. The van der Waals surface area contributed by atoms with Gasteiger partial charge in [0.2, 0.25) is 0 Å². The summed E-state index contributed by atoms with van der Waals surface area (Å²) in [5, 5.41) is 3.67. The van der Waals surface area contributed by atoms with E-state index in [4.69, 9.17) is 11.6 Å². The van der Waals surface area contributed by atoms with Gasteiger partial charge in [-0.2, -0.15) is 0 Å². The second-order valence-corrected chi connectivity index (χ2v) is 7.38. The monoisotopic (exact) mass is 360 g/mol. The summed E-state index contributed by atoms with van der Waals surface area (Å²) in [4.78, 5) is 18.3. The summed E-state index contributed by atoms with van der Waals surface area (Å²) in [6.45, 7) is 0. The fourth-order valence-corrected chi connectivity index (χ4v) is 3.95. The van der Waals surface area contributed by atoms with Gasteiger partial charge in [0, 0.05) is 11.1 Å². The number of aromatic nitrogens is 1. The van der Waals surface area contributed by atoms with Crippen LogP contribution in [0.3, 0.4) is 0 Å². The molecule has 2 aromatic rings. The lowest BCUT2D eigenvalue weighted by atomic mass is 9.94. The molecule has 0 saturated heterocycles. The highest BCUT2D eigenvalue weighted by Crippen LogP contribution is 2.35. The maximum Gasteiger partial charge on any atom is 0.253 e. The van der Waals surface area contributed by atoms with Crippen LogP contribution in [0, 0.1) is 5.92 Å². The van der Waals surface area contributed by atoms with Crippen molar-refractivity contribution < 1.29 is 4.79 Å². The molecule has 1 saturated carbocycles. The molecule has 3 rings (SSSR count). The quantitative estimate of drug-likeness (QED) is 0.752. The molecule has 0 bridgehead atoms. The molecule has 0 unspecified atom stereocenters. The van der Waals surface area contributed by atoms with Gasteiger partial charge in [0.1, 0.15) is 0 Å². The Morgan fingerprint density at radius 2 is 2.08 bits per heavy atom. The van der Waals surface area contributed by atoms with Crippen molar-refractivity contribution in [3.63, 3.8) is 0 Å². The third-order valence-electron chi connectivity index (χ3n) is 4.58. The van der Waals surface area contributed by atoms with E-state index >= 15 is 0 Å². The molecule has 1 aliphatic rings. The number of carbonyl (C=O) groups is 1. The average molecular weight is 361 g/mol. The second kappa shape index (κ2) is 8.04. The molecule has 0 radical (unpaired) electrons. The maximum absolute atomic E-state index is 12.8. The summed E-state index contributed by atoms with van der Waals surface area (Å²) < 4.78 is 0. The molecule has 1 fully saturated rings. The van der Waals surface area contributed by atoms with Crippen molar-refractivity contribution in [3.8, 4) is 0 Å². The number of nitrogens with one attached hydrogen (secondary N) is 1. The van der Waals surface area contributed by atoms with Crippen LogP contribution in [0.4, 0.5) is 0 Å². The number of benzene rings is 1. The summed E-state index contributed by atoms with van der Waals surface area (Å²) in [5.74, 6) is 0.310. The molecule has 24 heavy (non-hydrogen) atoms. The van der Waals surface area contributed by atoms with E-state index in [1.54, 1.807) is 24.0 Å². The molecule has 5 heteroatoms. The minimum Gasteiger partial charge on any atom is -0.343 e. The first-order valence-corrected chi connectivity index (χ1v) is 9.84. The van der Waals surface area contributed by atoms with Gasteiger partial charge in [0.25, 0.3) is 5.91 Å². The van der Waals surface area contributed by atoms with Gasteiger partial charge < -0.3 is 5.32 Å². The summed E-state index contributed by atoms with van der Waals surface area (Å²) in [5.41, 5.74) is 1.46. The molecule has 126 valence electrons. The summed E-state index contributed by atoms with van der Waals surface area (Å²) in [7, 11) is 0. The number of amides is 1. The van der Waals surface area contributed by atoms with E-state index in [-0.39, 0.29) is 11.9 Å². The number of hydrogen-bond acceptors (Lipinski definition) is 3. The molecule has 3 nitrogen and oxygen atoms in total. The Balaban J connectivity index is 1.86. The lowest BCUT2D eigenvalue weighted by Gasteiger charge is -2.24. The first-order chi connectivity index (χ1) is 11.7. The Hall–Kier alpha value is -1.52. The molecule has 1 heterocycles. The van der Waals surface area contributed by atoms with Crippen LogP contribution in [0.1, 0.15) is 47.8 Å². The van der Waals surface area contributed by atoms with E-state index < -0.39 is 0 Å². The molecule has 0 spiro atoms. The van der Waals surface area contributed by atoms with E-state index in [1.807, 2.05) is 36.6 Å². The Morgan fingerprint density at radius 1 is 1.29 bits per heavy atom. The van der Waals surface area contributed by atoms with E-state index in [1.165, 1.54) is 12.8 Å². The summed E-state index contributed by atoms with van der Waals surface area (Å²) in [6.07, 6.45) is 8.45. The van der Waals surface area contributed by atoms with Crippen LogP contribution < -0.4 is 5.32 Å². The molecule has 1 atom stereocenters. The van der Waals surface area contributed by atoms with Gasteiger partial charge in [-0.05, 0) is 55.3 Å². The van der Waals surface area contributed by atoms with Crippen LogP contribution in [0.15, 0.2) is 47.5 Å². The Labute approximate surface area is 152 Å². The number of halogens is 1. The number of hydrogen-bond donors (Lipinski definition) is 1. The van der Waals surface area contributed by atoms with Crippen LogP contribution in [0.5, 0.6) is 0 Å². The molecular weight excluding hydrogens is 340 g/mol. The van der Waals surface area contributed by atoms with Gasteiger partial charge in [-0.25, -0.2) is 0 Å². The first-order valence-electron chi connectivity index (χ1n) is 8.24. The van der Waals surface area contributed by atoms with Gasteiger partial charge >= 0.3 is 0 Å². The van der Waals surface area contributed by atoms with Gasteiger partial charge in [-0.15, -0.1) is 11.8 Å². The van der Waals surface area contributed by atoms with E-state index in [2.05, 4.69) is 10.3 Å². The molecule has 0 aliphatic heterocycles. The smallest absolute Gasteiger partial charge is 0.253 e. The van der Waals surface area contributed by atoms with Crippen LogP contribution in [0.25, 0.3) is 0 Å². The van der Waals surface area contributed by atoms with E-state index in [0.717, 1.165) is 23.4 Å². The molecular formula is C19H21ClN2OS. The Kier molecular flexibility index (Phi) is 5.80. The molecule has 1 aromatic heterocycles. The predicted molar refractivity (Wildman–Crippen MR) is 99.6 cm³/mol. The fraction of sp³-hybridized carbons (Fsp3) is 0.368. The fourth-order valence-electron chi connectivity index (χ4n) is 3.31. The number of carbonyl (C=O) groups excluding carboxylic acids is 1. The third-order valence-corrected chi connectivity index (χ3v) is 5.64. The van der Waals surface area contributed by atoms with Gasteiger partial charge in [-0.1, -0.05) is 30.5 Å². The van der Waals surface area contributed by atoms with Gasteiger partial charge in [-0.3, -0.25) is 9.78 Å². The van der Waals surface area contributed by atoms with Crippen LogP contribution in [-0.2, 0) is 0 Å². The zero-order valence-corrected chi connectivity index (χ0v) is 15.2. The minimum atomic E-state index is -0.126. The number of thioether (sulfide) groups is 1. The average Bonchev–Trinajstić information content (AvgIpc) is 3.15. The highest BCUT2D eigenvalue weighted by atomic mass is 35.5. The second-order valence-electron chi connectivity index (χ2n) is 6.10. The lowest BCUT2D eigenvalue weighted by Crippen LogP contribution is -2.33. The standard InChI is InChI=1S/C19H21ClN2OS/c1-24-14-9-10-16(20)15(12-14)19(23)22-18(13-6-2-3-7-13)17-8-4-5-11-21-17/h4-5,8-13,18H,2-3,6-7H2,1H3,(H,22,23)/t18-/m0/s1. The maximum atomic E-state index is 12.8. The zero-order valence-electron chi connectivity index (χ0n) is 13.7. The lowest BCUT2D eigenvalue weighted by molar-refractivity contribution is 0.0920. The highest BCUT2D eigenvalue weighted by molar-refractivity contribution is 7.98. The predicted octanol–water partition coefficient (Wildman–Crippen LogP) is 5.12. The number of nitrogens with zero attached hydrogens (tertiary/aromatic N) is 1. The normalized spacial score (nSPS) is 16.1. The van der Waals surface area contributed by atoms with Crippen molar-refractivity contribution in [1.29, 1.82) is 0 Å². The van der Waals surface area contributed by atoms with Crippen molar-refractivity contribution in [2.45, 2.75) is 36.6 Å². The van der Waals surface area contributed by atoms with Crippen molar-refractivity contribution in [3.05, 3.63) is 58.9 Å². The van der Waals surface area contributed by atoms with E-state index in [0.29, 0.717) is 16.5 Å². The molecule has 1 aromatic carbocycles. The Bertz CT molecular complexity index is 702. The van der Waals surface area contributed by atoms with Crippen LogP contribution >= 0.6 is 23.4 Å². The van der Waals surface area contributed by atoms with Crippen LogP contribution in [0.2, 0.25) is 5.02 Å². The van der Waals surface area contributed by atoms with Crippen molar-refractivity contribution in [2.24, 2.45) is 5.92 Å². The minimum absolute atomic E-state index is 0.0600. The zero-order chi connectivity index (χ0) is 16.9. The molecule has 1 aliphatic carbocycles. The summed E-state index contributed by atoms with van der Waals surface area (Å²) >= 11 is 7.85. The number of pyridine rings is 1. The Morgan fingerprint density at radius 3 is 2.75 bits per heavy atom. The van der Waals surface area contributed by atoms with Gasteiger partial charge in [0.05, 0.1) is 22.3 Å². The van der Waals surface area contributed by atoms with Gasteiger partial charge in [0.15, 0.2) is 0 Å². The van der Waals surface area contributed by atoms with Crippen LogP contribution in [-0.4, -0.2) is 17.1 Å². The van der Waals surface area contributed by atoms with Crippen molar-refractivity contribution in [2.75, 3.05) is 6.26 Å². The topological polar surface area (TPSA) is 42.0 Å². The largest absolute Gasteiger partial charge is 0.343 e. The van der Waals surface area contributed by atoms with Crippen molar-refractivity contribution >= 4 is 29.3 Å². The highest BCUT2D eigenvalue weighted by Gasteiger charge is 2.29.